The van der Waals surface area contributed by atoms with Crippen LogP contribution in [0.25, 0.3) is 0 Å². The van der Waals surface area contributed by atoms with Crippen LogP contribution in [-0.4, -0.2) is 26.5 Å². The van der Waals surface area contributed by atoms with Crippen molar-refractivity contribution < 1.29 is 14.0 Å². The lowest BCUT2D eigenvalue weighted by Crippen LogP contribution is -2.46. The van der Waals surface area contributed by atoms with E-state index in [2.05, 4.69) is 33.5 Å². The van der Waals surface area contributed by atoms with Crippen LogP contribution in [0.1, 0.15) is 65.7 Å². The molecule has 1 aliphatic heterocycles. The Labute approximate surface area is 155 Å². The Morgan fingerprint density at radius 2 is 2.00 bits per heavy atom. The Morgan fingerprint density at radius 3 is 2.60 bits per heavy atom. The van der Waals surface area contributed by atoms with Gasteiger partial charge in [-0.15, -0.1) is 0 Å². The van der Waals surface area contributed by atoms with Crippen LogP contribution in [0.15, 0.2) is 0 Å². The number of hydrogen-bond acceptors (Lipinski definition) is 3. The molecule has 1 saturated heterocycles. The van der Waals surface area contributed by atoms with Crippen molar-refractivity contribution in [1.29, 1.82) is 0 Å². The lowest BCUT2D eigenvalue weighted by atomic mass is 9.61. The highest BCUT2D eigenvalue weighted by atomic mass is 28.4. The van der Waals surface area contributed by atoms with Gasteiger partial charge >= 0.3 is 5.97 Å². The highest BCUT2D eigenvalue weighted by Gasteiger charge is 2.53. The van der Waals surface area contributed by atoms with E-state index in [1.165, 1.54) is 32.1 Å². The van der Waals surface area contributed by atoms with Gasteiger partial charge in [-0.1, -0.05) is 27.2 Å². The summed E-state index contributed by atoms with van der Waals surface area (Å²) >= 11 is 0. The van der Waals surface area contributed by atoms with E-state index in [0.717, 1.165) is 24.7 Å². The highest BCUT2D eigenvalue weighted by Crippen LogP contribution is 2.59. The molecule has 3 fully saturated rings. The van der Waals surface area contributed by atoms with Crippen molar-refractivity contribution >= 4 is 14.3 Å². The monoisotopic (exact) mass is 366 g/mol. The zero-order chi connectivity index (χ0) is 18.4. The van der Waals surface area contributed by atoms with E-state index in [9.17, 15) is 4.79 Å². The van der Waals surface area contributed by atoms with Gasteiger partial charge in [-0.25, -0.2) is 0 Å². The van der Waals surface area contributed by atoms with E-state index >= 15 is 0 Å². The summed E-state index contributed by atoms with van der Waals surface area (Å²) in [6.45, 7) is 13.9. The Morgan fingerprint density at radius 1 is 1.28 bits per heavy atom. The molecule has 2 saturated carbocycles. The van der Waals surface area contributed by atoms with Gasteiger partial charge in [0, 0.05) is 6.10 Å². The molecule has 0 spiro atoms. The van der Waals surface area contributed by atoms with E-state index in [-0.39, 0.29) is 18.0 Å². The molecule has 0 N–H and O–H groups in total. The largest absolute Gasteiger partial charge is 0.462 e. The molecule has 0 bridgehead atoms. The summed E-state index contributed by atoms with van der Waals surface area (Å²) < 4.78 is 12.2. The van der Waals surface area contributed by atoms with E-state index < -0.39 is 8.32 Å². The maximum Gasteiger partial charge on any atom is 0.309 e. The summed E-state index contributed by atoms with van der Waals surface area (Å²) in [4.78, 5) is 11.7. The Kier molecular flexibility index (Phi) is 5.43. The molecular formula is C21H38O3Si. The van der Waals surface area contributed by atoms with E-state index in [4.69, 9.17) is 9.16 Å². The minimum atomic E-state index is -1.49. The highest BCUT2D eigenvalue weighted by molar-refractivity contribution is 6.69. The maximum absolute atomic E-state index is 11.7. The van der Waals surface area contributed by atoms with Crippen molar-refractivity contribution in [2.75, 3.05) is 0 Å². The minimum Gasteiger partial charge on any atom is -0.462 e. The van der Waals surface area contributed by atoms with Crippen molar-refractivity contribution in [1.82, 2.24) is 0 Å². The van der Waals surface area contributed by atoms with Crippen molar-refractivity contribution in [3.8, 4) is 0 Å². The molecule has 7 atom stereocenters. The molecule has 2 unspecified atom stereocenters. The molecule has 3 nitrogen and oxygen atoms in total. The predicted octanol–water partition coefficient (Wildman–Crippen LogP) is 5.40. The van der Waals surface area contributed by atoms with E-state index in [1.54, 1.807) is 0 Å². The molecule has 25 heavy (non-hydrogen) atoms. The fraction of sp³-hybridized carbons (Fsp3) is 0.952. The third-order valence-corrected chi connectivity index (χ3v) is 8.27. The van der Waals surface area contributed by atoms with Gasteiger partial charge in [0.2, 0.25) is 0 Å². The first-order valence-corrected chi connectivity index (χ1v) is 13.9. The normalized spacial score (nSPS) is 43.0. The fourth-order valence-electron chi connectivity index (χ4n) is 6.23. The second-order valence-electron chi connectivity index (χ2n) is 10.4. The summed E-state index contributed by atoms with van der Waals surface area (Å²) in [5.74, 6) is 2.21. The lowest BCUT2D eigenvalue weighted by Gasteiger charge is -2.48. The number of carbonyl (C=O) groups excluding carboxylic acids is 1. The van der Waals surface area contributed by atoms with Crippen LogP contribution in [-0.2, 0) is 14.0 Å². The van der Waals surface area contributed by atoms with Crippen molar-refractivity contribution in [3.63, 3.8) is 0 Å². The topological polar surface area (TPSA) is 35.5 Å². The van der Waals surface area contributed by atoms with Crippen molar-refractivity contribution in [2.24, 2.45) is 29.1 Å². The Balaban J connectivity index is 1.66. The molecule has 0 aromatic carbocycles. The number of ether oxygens (including phenoxy) is 1. The molecular weight excluding hydrogens is 328 g/mol. The summed E-state index contributed by atoms with van der Waals surface area (Å²) in [6, 6.07) is 0. The molecule has 1 heterocycles. The zero-order valence-electron chi connectivity index (χ0n) is 17.1. The fourth-order valence-corrected chi connectivity index (χ4v) is 7.42. The van der Waals surface area contributed by atoms with Gasteiger partial charge in [-0.3, -0.25) is 4.79 Å². The molecule has 3 aliphatic rings. The van der Waals surface area contributed by atoms with E-state index in [1.807, 2.05) is 6.92 Å². The van der Waals surface area contributed by atoms with Crippen LogP contribution in [0, 0.1) is 29.1 Å². The third kappa shape index (κ3) is 4.00. The van der Waals surface area contributed by atoms with Crippen molar-refractivity contribution in [2.45, 2.75) is 97.6 Å². The van der Waals surface area contributed by atoms with Gasteiger partial charge in [-0.05, 0) is 81.3 Å². The second-order valence-corrected chi connectivity index (χ2v) is 14.8. The first-order valence-electron chi connectivity index (χ1n) is 10.5. The predicted molar refractivity (Wildman–Crippen MR) is 104 cm³/mol. The number of carbonyl (C=O) groups is 1. The third-order valence-electron chi connectivity index (χ3n) is 7.26. The number of esters is 1. The summed E-state index contributed by atoms with van der Waals surface area (Å²) in [5.41, 5.74) is 0.413. The Hall–Kier alpha value is -0.353. The maximum atomic E-state index is 11.7. The molecule has 0 aromatic rings. The molecule has 4 heteroatoms. The average molecular weight is 367 g/mol. The van der Waals surface area contributed by atoms with Gasteiger partial charge in [0.25, 0.3) is 0 Å². The van der Waals surface area contributed by atoms with Gasteiger partial charge < -0.3 is 9.16 Å². The van der Waals surface area contributed by atoms with Gasteiger partial charge in [0.1, 0.15) is 6.10 Å². The summed E-state index contributed by atoms with van der Waals surface area (Å²) in [7, 11) is -1.49. The van der Waals surface area contributed by atoms with Gasteiger partial charge in [0.05, 0.1) is 5.92 Å². The lowest BCUT2D eigenvalue weighted by molar-refractivity contribution is -0.144. The van der Waals surface area contributed by atoms with Crippen LogP contribution in [0.4, 0.5) is 0 Å². The number of fused-ring (bicyclic) bond motifs is 1. The van der Waals surface area contributed by atoms with Crippen LogP contribution in [0.5, 0.6) is 0 Å². The Bertz CT molecular complexity index is 500. The molecule has 144 valence electrons. The molecule has 3 rings (SSSR count). The van der Waals surface area contributed by atoms with Gasteiger partial charge in [-0.2, -0.15) is 0 Å². The van der Waals surface area contributed by atoms with Crippen LogP contribution >= 0.6 is 0 Å². The quantitative estimate of drug-likeness (QED) is 0.483. The SMILES string of the molecule is C[C@H](C[C@@H]1C[C@H](C)C(=O)O1)[C@H]1CCC2C(O[Si](C)(C)C)CCC[C@]21C. The first kappa shape index (κ1) is 19.4. The smallest absolute Gasteiger partial charge is 0.309 e. The second kappa shape index (κ2) is 6.99. The number of rotatable bonds is 5. The average Bonchev–Trinajstić information content (AvgIpc) is 2.98. The van der Waals surface area contributed by atoms with Gasteiger partial charge in [0.15, 0.2) is 8.32 Å². The molecule has 0 aromatic heterocycles. The van der Waals surface area contributed by atoms with E-state index in [0.29, 0.717) is 17.4 Å². The zero-order valence-corrected chi connectivity index (χ0v) is 18.1. The number of hydrogen-bond donors (Lipinski definition) is 0. The summed E-state index contributed by atoms with van der Waals surface area (Å²) in [6.07, 6.45) is 9.14. The van der Waals surface area contributed by atoms with Crippen LogP contribution < -0.4 is 0 Å². The first-order chi connectivity index (χ1) is 11.6. The van der Waals surface area contributed by atoms with Crippen LogP contribution in [0.2, 0.25) is 19.6 Å². The number of cyclic esters (lactones) is 1. The minimum absolute atomic E-state index is 0.00831. The van der Waals surface area contributed by atoms with Crippen LogP contribution in [0.3, 0.4) is 0 Å². The summed E-state index contributed by atoms with van der Waals surface area (Å²) in [5, 5.41) is 0. The molecule has 0 radical (unpaired) electrons. The van der Waals surface area contributed by atoms with Crippen molar-refractivity contribution in [3.05, 3.63) is 0 Å². The molecule has 2 aliphatic carbocycles. The molecule has 0 amide bonds. The standard InChI is InChI=1S/C21H38O3Si/c1-14(12-16-13-15(2)20(22)23-16)17-9-10-18-19(24-25(4,5)6)8-7-11-21(17,18)3/h14-19H,7-13H2,1-6H3/t14-,15+,16-,17-,18?,19?,21+/m1/s1.